The third-order valence-electron chi connectivity index (χ3n) is 3.61. The van der Waals surface area contributed by atoms with E-state index in [-0.39, 0.29) is 6.61 Å². The molecule has 0 rings (SSSR count). The molecule has 140 valence electrons. The van der Waals surface area contributed by atoms with E-state index < -0.39 is 0 Å². The molecular formula is C18H39NO4. The van der Waals surface area contributed by atoms with Gasteiger partial charge in [0.15, 0.2) is 0 Å². The third-order valence-corrected chi connectivity index (χ3v) is 3.61. The van der Waals surface area contributed by atoms with Crippen molar-refractivity contribution >= 4 is 0 Å². The quantitative estimate of drug-likeness (QED) is 0.336. The SMILES string of the molecule is CCCCCCCCCCNCCOCCOCCOCCO. The molecule has 2 N–H and O–H groups in total. The maximum Gasteiger partial charge on any atom is 0.0701 e. The average Bonchev–Trinajstić information content (AvgIpc) is 2.57. The normalized spacial score (nSPS) is 11.2. The van der Waals surface area contributed by atoms with Crippen molar-refractivity contribution in [3.05, 3.63) is 0 Å². The highest BCUT2D eigenvalue weighted by Crippen LogP contribution is 2.07. The first kappa shape index (κ1) is 22.8. The van der Waals surface area contributed by atoms with Crippen LogP contribution < -0.4 is 5.32 Å². The molecule has 0 bridgehead atoms. The Hall–Kier alpha value is -0.200. The van der Waals surface area contributed by atoms with Crippen LogP contribution in [0, 0.1) is 0 Å². The highest BCUT2D eigenvalue weighted by molar-refractivity contribution is 4.50. The number of rotatable bonds is 20. The molecule has 5 heteroatoms. The average molecular weight is 334 g/mol. The fourth-order valence-corrected chi connectivity index (χ4v) is 2.26. The first-order valence-corrected chi connectivity index (χ1v) is 9.46. The summed E-state index contributed by atoms with van der Waals surface area (Å²) >= 11 is 0. The van der Waals surface area contributed by atoms with Gasteiger partial charge in [-0.05, 0) is 13.0 Å². The van der Waals surface area contributed by atoms with E-state index in [1.165, 1.54) is 51.4 Å². The molecule has 23 heavy (non-hydrogen) atoms. The molecule has 0 atom stereocenters. The van der Waals surface area contributed by atoms with Crippen molar-refractivity contribution in [3.8, 4) is 0 Å². The van der Waals surface area contributed by atoms with Crippen LogP contribution in [0.25, 0.3) is 0 Å². The van der Waals surface area contributed by atoms with Gasteiger partial charge in [-0.3, -0.25) is 0 Å². The topological polar surface area (TPSA) is 60.0 Å². The van der Waals surface area contributed by atoms with Crippen molar-refractivity contribution in [1.82, 2.24) is 5.32 Å². The van der Waals surface area contributed by atoms with E-state index >= 15 is 0 Å². The molecule has 0 heterocycles. The molecule has 0 aromatic rings. The van der Waals surface area contributed by atoms with E-state index in [0.717, 1.165) is 19.7 Å². The van der Waals surface area contributed by atoms with Crippen LogP contribution in [0.4, 0.5) is 0 Å². The number of unbranched alkanes of at least 4 members (excludes halogenated alkanes) is 7. The Balaban J connectivity index is 2.92. The number of hydrogen-bond acceptors (Lipinski definition) is 5. The smallest absolute Gasteiger partial charge is 0.0701 e. The van der Waals surface area contributed by atoms with Gasteiger partial charge in [0.05, 0.1) is 46.2 Å². The summed E-state index contributed by atoms with van der Waals surface area (Å²) in [6.07, 6.45) is 10.9. The minimum atomic E-state index is 0.0646. The lowest BCUT2D eigenvalue weighted by molar-refractivity contribution is 0.00822. The zero-order valence-corrected chi connectivity index (χ0v) is 15.2. The molecule has 0 aliphatic carbocycles. The van der Waals surface area contributed by atoms with Crippen LogP contribution in [-0.2, 0) is 14.2 Å². The van der Waals surface area contributed by atoms with Gasteiger partial charge in [-0.1, -0.05) is 51.9 Å². The lowest BCUT2D eigenvalue weighted by Gasteiger charge is -2.07. The Morgan fingerprint density at radius 3 is 1.74 bits per heavy atom. The van der Waals surface area contributed by atoms with Gasteiger partial charge in [0.2, 0.25) is 0 Å². The van der Waals surface area contributed by atoms with Crippen LogP contribution in [-0.4, -0.2) is 64.4 Å². The van der Waals surface area contributed by atoms with E-state index in [0.29, 0.717) is 33.0 Å². The van der Waals surface area contributed by atoms with Crippen LogP contribution in [0.1, 0.15) is 58.3 Å². The van der Waals surface area contributed by atoms with Crippen LogP contribution in [0.3, 0.4) is 0 Å². The monoisotopic (exact) mass is 333 g/mol. The minimum absolute atomic E-state index is 0.0646. The van der Waals surface area contributed by atoms with Crippen molar-refractivity contribution in [1.29, 1.82) is 0 Å². The van der Waals surface area contributed by atoms with Crippen molar-refractivity contribution < 1.29 is 19.3 Å². The van der Waals surface area contributed by atoms with E-state index in [2.05, 4.69) is 12.2 Å². The number of aliphatic hydroxyl groups excluding tert-OH is 1. The largest absolute Gasteiger partial charge is 0.394 e. The van der Waals surface area contributed by atoms with Gasteiger partial charge in [0.1, 0.15) is 0 Å². The van der Waals surface area contributed by atoms with Crippen LogP contribution in [0.5, 0.6) is 0 Å². The zero-order valence-electron chi connectivity index (χ0n) is 15.2. The molecule has 0 amide bonds. The Kier molecular flexibility index (Phi) is 21.6. The maximum atomic E-state index is 8.52. The van der Waals surface area contributed by atoms with E-state index in [9.17, 15) is 0 Å². The van der Waals surface area contributed by atoms with Crippen LogP contribution in [0.15, 0.2) is 0 Å². The van der Waals surface area contributed by atoms with E-state index in [1.54, 1.807) is 0 Å². The molecule has 0 saturated carbocycles. The molecule has 0 fully saturated rings. The summed E-state index contributed by atoms with van der Waals surface area (Å²) in [4.78, 5) is 0. The van der Waals surface area contributed by atoms with E-state index in [4.69, 9.17) is 19.3 Å². The molecule has 0 aromatic heterocycles. The first-order chi connectivity index (χ1) is 11.4. The number of nitrogens with one attached hydrogen (secondary N) is 1. The molecule has 0 aliphatic rings. The van der Waals surface area contributed by atoms with Crippen molar-refractivity contribution in [2.45, 2.75) is 58.3 Å². The molecule has 0 radical (unpaired) electrons. The maximum absolute atomic E-state index is 8.52. The summed E-state index contributed by atoms with van der Waals surface area (Å²) in [5.74, 6) is 0. The summed E-state index contributed by atoms with van der Waals surface area (Å²) in [6, 6.07) is 0. The summed E-state index contributed by atoms with van der Waals surface area (Å²) in [7, 11) is 0. The predicted molar refractivity (Wildman–Crippen MR) is 95.0 cm³/mol. The zero-order chi connectivity index (χ0) is 16.8. The van der Waals surface area contributed by atoms with Gasteiger partial charge in [0, 0.05) is 6.54 Å². The molecule has 0 aromatic carbocycles. The van der Waals surface area contributed by atoms with Crippen molar-refractivity contribution in [2.24, 2.45) is 0 Å². The molecule has 0 spiro atoms. The summed E-state index contributed by atoms with van der Waals surface area (Å²) < 4.78 is 15.9. The fraction of sp³-hybridized carbons (Fsp3) is 1.00. The van der Waals surface area contributed by atoms with Crippen LogP contribution >= 0.6 is 0 Å². The first-order valence-electron chi connectivity index (χ1n) is 9.46. The van der Waals surface area contributed by atoms with Gasteiger partial charge in [-0.15, -0.1) is 0 Å². The summed E-state index contributed by atoms with van der Waals surface area (Å²) in [5, 5.41) is 11.9. The summed E-state index contributed by atoms with van der Waals surface area (Å²) in [5.41, 5.74) is 0. The highest BCUT2D eigenvalue weighted by Gasteiger charge is 1.93. The van der Waals surface area contributed by atoms with Crippen molar-refractivity contribution in [2.75, 3.05) is 59.3 Å². The van der Waals surface area contributed by atoms with Gasteiger partial charge in [0.25, 0.3) is 0 Å². The van der Waals surface area contributed by atoms with Gasteiger partial charge in [-0.25, -0.2) is 0 Å². The standard InChI is InChI=1S/C18H39NO4/c1-2-3-4-5-6-7-8-9-10-19-11-13-21-15-17-23-18-16-22-14-12-20/h19-20H,2-18H2,1H3. The van der Waals surface area contributed by atoms with Gasteiger partial charge >= 0.3 is 0 Å². The number of ether oxygens (including phenoxy) is 3. The minimum Gasteiger partial charge on any atom is -0.394 e. The van der Waals surface area contributed by atoms with Crippen LogP contribution in [0.2, 0.25) is 0 Å². The second-order valence-electron chi connectivity index (χ2n) is 5.79. The number of hydrogen-bond donors (Lipinski definition) is 2. The Morgan fingerprint density at radius 1 is 0.609 bits per heavy atom. The van der Waals surface area contributed by atoms with Gasteiger partial charge < -0.3 is 24.6 Å². The van der Waals surface area contributed by atoms with Crippen molar-refractivity contribution in [3.63, 3.8) is 0 Å². The summed E-state index contributed by atoms with van der Waals surface area (Å²) in [6.45, 7) is 7.76. The second kappa shape index (κ2) is 21.8. The van der Waals surface area contributed by atoms with E-state index in [1.807, 2.05) is 0 Å². The molecule has 0 aliphatic heterocycles. The predicted octanol–water partition coefficient (Wildman–Crippen LogP) is 2.76. The molecule has 5 nitrogen and oxygen atoms in total. The Labute approximate surface area is 143 Å². The lowest BCUT2D eigenvalue weighted by Crippen LogP contribution is -2.21. The second-order valence-corrected chi connectivity index (χ2v) is 5.79. The lowest BCUT2D eigenvalue weighted by atomic mass is 10.1. The highest BCUT2D eigenvalue weighted by atomic mass is 16.5. The molecule has 0 unspecified atom stereocenters. The fourth-order valence-electron chi connectivity index (χ4n) is 2.26. The Morgan fingerprint density at radius 2 is 1.13 bits per heavy atom. The number of aliphatic hydroxyl groups is 1. The molecule has 0 saturated heterocycles. The third kappa shape index (κ3) is 21.8. The molecular weight excluding hydrogens is 294 g/mol. The van der Waals surface area contributed by atoms with Gasteiger partial charge in [-0.2, -0.15) is 0 Å². The Bertz CT molecular complexity index is 185.